The summed E-state index contributed by atoms with van der Waals surface area (Å²) in [6.07, 6.45) is 0. The number of anilines is 1. The second-order valence-corrected chi connectivity index (χ2v) is 5.27. The lowest BCUT2D eigenvalue weighted by molar-refractivity contribution is 0.184. The molecule has 0 aliphatic carbocycles. The highest BCUT2D eigenvalue weighted by Gasteiger charge is 2.05. The van der Waals surface area contributed by atoms with Gasteiger partial charge < -0.3 is 10.1 Å². The van der Waals surface area contributed by atoms with Crippen LogP contribution in [0.15, 0.2) is 46.9 Å². The molecule has 0 amide bonds. The zero-order valence-corrected chi connectivity index (χ0v) is 12.8. The molecule has 2 aromatic carbocycles. The topological polar surface area (TPSA) is 45.0 Å². The van der Waals surface area contributed by atoms with Crippen molar-refractivity contribution >= 4 is 21.6 Å². The van der Waals surface area contributed by atoms with Crippen LogP contribution in [0.1, 0.15) is 16.7 Å². The predicted molar refractivity (Wildman–Crippen MR) is 83.3 cm³/mol. The monoisotopic (exact) mass is 330 g/mol. The van der Waals surface area contributed by atoms with E-state index < -0.39 is 0 Å². The molecule has 20 heavy (non-hydrogen) atoms. The molecule has 0 aliphatic heterocycles. The second kappa shape index (κ2) is 7.09. The highest BCUT2D eigenvalue weighted by atomic mass is 79.9. The minimum atomic E-state index is 0.585. The number of ether oxygens (including phenoxy) is 1. The minimum absolute atomic E-state index is 0.585. The van der Waals surface area contributed by atoms with E-state index in [1.807, 2.05) is 30.3 Å². The summed E-state index contributed by atoms with van der Waals surface area (Å²) in [4.78, 5) is 0. The summed E-state index contributed by atoms with van der Waals surface area (Å²) >= 11 is 3.42. The predicted octanol–water partition coefficient (Wildman–Crippen LogP) is 4.08. The normalized spacial score (nSPS) is 10.1. The van der Waals surface area contributed by atoms with Crippen molar-refractivity contribution in [3.05, 3.63) is 63.6 Å². The van der Waals surface area contributed by atoms with E-state index >= 15 is 0 Å². The van der Waals surface area contributed by atoms with Crippen molar-refractivity contribution in [1.82, 2.24) is 0 Å². The van der Waals surface area contributed by atoms with Gasteiger partial charge in [-0.15, -0.1) is 0 Å². The molecule has 0 heterocycles. The molecule has 0 saturated carbocycles. The lowest BCUT2D eigenvalue weighted by atomic mass is 10.1. The number of benzene rings is 2. The van der Waals surface area contributed by atoms with Gasteiger partial charge in [0.15, 0.2) is 0 Å². The lowest BCUT2D eigenvalue weighted by Gasteiger charge is -2.12. The molecule has 102 valence electrons. The van der Waals surface area contributed by atoms with Crippen molar-refractivity contribution in [1.29, 1.82) is 5.26 Å². The average molecular weight is 331 g/mol. The van der Waals surface area contributed by atoms with Crippen molar-refractivity contribution < 1.29 is 4.74 Å². The van der Waals surface area contributed by atoms with E-state index in [4.69, 9.17) is 10.00 Å². The third-order valence-corrected chi connectivity index (χ3v) is 3.48. The van der Waals surface area contributed by atoms with Gasteiger partial charge in [-0.2, -0.15) is 5.26 Å². The van der Waals surface area contributed by atoms with Gasteiger partial charge in [0.05, 0.1) is 17.9 Å². The maximum Gasteiger partial charge on any atom is 0.101 e. The number of methoxy groups -OCH3 is 1. The first kappa shape index (κ1) is 14.6. The number of halogens is 1. The Labute approximate surface area is 127 Å². The van der Waals surface area contributed by atoms with Gasteiger partial charge >= 0.3 is 0 Å². The van der Waals surface area contributed by atoms with Crippen molar-refractivity contribution in [3.63, 3.8) is 0 Å². The Bertz CT molecular complexity index is 635. The summed E-state index contributed by atoms with van der Waals surface area (Å²) in [5.41, 5.74) is 3.78. The third-order valence-electron chi connectivity index (χ3n) is 2.99. The molecule has 0 bridgehead atoms. The number of nitrogens with zero attached hydrogens (tertiary/aromatic N) is 1. The molecule has 0 unspecified atom stereocenters. The molecule has 0 aliphatic rings. The standard InChI is InChI=1S/C16H15BrN2O/c1-20-11-14-5-3-2-4-13(14)10-19-16-8-15(17)7-6-12(16)9-18/h2-8,19H,10-11H2,1H3. The van der Waals surface area contributed by atoms with Crippen molar-refractivity contribution in [2.24, 2.45) is 0 Å². The molecule has 4 heteroatoms. The maximum atomic E-state index is 9.12. The number of hydrogen-bond donors (Lipinski definition) is 1. The highest BCUT2D eigenvalue weighted by Crippen LogP contribution is 2.22. The van der Waals surface area contributed by atoms with Crippen LogP contribution in [-0.4, -0.2) is 7.11 Å². The SMILES string of the molecule is COCc1ccccc1CNc1cc(Br)ccc1C#N. The zero-order valence-electron chi connectivity index (χ0n) is 11.2. The summed E-state index contributed by atoms with van der Waals surface area (Å²) in [7, 11) is 1.69. The van der Waals surface area contributed by atoms with Crippen LogP contribution in [0.3, 0.4) is 0 Å². The molecule has 0 atom stereocenters. The molecule has 1 N–H and O–H groups in total. The van der Waals surface area contributed by atoms with E-state index in [0.717, 1.165) is 15.7 Å². The molecule has 2 aromatic rings. The molecule has 0 fully saturated rings. The smallest absolute Gasteiger partial charge is 0.101 e. The van der Waals surface area contributed by atoms with Crippen LogP contribution in [0.4, 0.5) is 5.69 Å². The van der Waals surface area contributed by atoms with Crippen LogP contribution < -0.4 is 5.32 Å². The van der Waals surface area contributed by atoms with Gasteiger partial charge in [0.1, 0.15) is 6.07 Å². The van der Waals surface area contributed by atoms with E-state index in [-0.39, 0.29) is 0 Å². The second-order valence-electron chi connectivity index (χ2n) is 4.36. The lowest BCUT2D eigenvalue weighted by Crippen LogP contribution is -2.04. The Hall–Kier alpha value is -1.83. The fourth-order valence-electron chi connectivity index (χ4n) is 1.98. The van der Waals surface area contributed by atoms with Crippen molar-refractivity contribution in [2.75, 3.05) is 12.4 Å². The van der Waals surface area contributed by atoms with Gasteiger partial charge in [0, 0.05) is 18.1 Å². The van der Waals surface area contributed by atoms with E-state index in [2.05, 4.69) is 33.4 Å². The van der Waals surface area contributed by atoms with Crippen LogP contribution in [-0.2, 0) is 17.9 Å². The summed E-state index contributed by atoms with van der Waals surface area (Å²) in [6.45, 7) is 1.24. The third kappa shape index (κ3) is 3.60. The van der Waals surface area contributed by atoms with Crippen LogP contribution in [0, 0.1) is 11.3 Å². The highest BCUT2D eigenvalue weighted by molar-refractivity contribution is 9.10. The van der Waals surface area contributed by atoms with Crippen LogP contribution in [0.2, 0.25) is 0 Å². The average Bonchev–Trinajstić information content (AvgIpc) is 2.47. The molecule has 0 radical (unpaired) electrons. The van der Waals surface area contributed by atoms with Crippen molar-refractivity contribution in [3.8, 4) is 6.07 Å². The van der Waals surface area contributed by atoms with Gasteiger partial charge in [-0.05, 0) is 29.3 Å². The molecule has 0 spiro atoms. The summed E-state index contributed by atoms with van der Waals surface area (Å²) in [5.74, 6) is 0. The van der Waals surface area contributed by atoms with Gasteiger partial charge in [-0.1, -0.05) is 40.2 Å². The Morgan fingerprint density at radius 3 is 2.65 bits per heavy atom. The summed E-state index contributed by atoms with van der Waals surface area (Å²) < 4.78 is 6.15. The zero-order chi connectivity index (χ0) is 14.4. The van der Waals surface area contributed by atoms with Crippen molar-refractivity contribution in [2.45, 2.75) is 13.2 Å². The summed E-state index contributed by atoms with van der Waals surface area (Å²) in [5, 5.41) is 12.4. The Morgan fingerprint density at radius 2 is 1.95 bits per heavy atom. The summed E-state index contributed by atoms with van der Waals surface area (Å²) in [6, 6.07) is 15.9. The number of rotatable bonds is 5. The largest absolute Gasteiger partial charge is 0.380 e. The Kier molecular flexibility index (Phi) is 5.16. The fraction of sp³-hybridized carbons (Fsp3) is 0.188. The molecule has 3 nitrogen and oxygen atoms in total. The van der Waals surface area contributed by atoms with E-state index in [1.165, 1.54) is 5.56 Å². The fourth-order valence-corrected chi connectivity index (χ4v) is 2.34. The van der Waals surface area contributed by atoms with Gasteiger partial charge in [-0.25, -0.2) is 0 Å². The van der Waals surface area contributed by atoms with E-state index in [0.29, 0.717) is 18.7 Å². The molecule has 2 rings (SSSR count). The molecular formula is C16H15BrN2O. The van der Waals surface area contributed by atoms with Gasteiger partial charge in [-0.3, -0.25) is 0 Å². The van der Waals surface area contributed by atoms with Gasteiger partial charge in [0.2, 0.25) is 0 Å². The molecular weight excluding hydrogens is 316 g/mol. The molecule has 0 saturated heterocycles. The maximum absolute atomic E-state index is 9.12. The van der Waals surface area contributed by atoms with E-state index in [1.54, 1.807) is 13.2 Å². The first-order valence-electron chi connectivity index (χ1n) is 6.24. The number of nitrogens with one attached hydrogen (secondary N) is 1. The molecule has 0 aromatic heterocycles. The number of nitriles is 1. The first-order chi connectivity index (χ1) is 9.74. The van der Waals surface area contributed by atoms with E-state index in [9.17, 15) is 0 Å². The van der Waals surface area contributed by atoms with Crippen LogP contribution >= 0.6 is 15.9 Å². The van der Waals surface area contributed by atoms with Crippen LogP contribution in [0.5, 0.6) is 0 Å². The minimum Gasteiger partial charge on any atom is -0.380 e. The first-order valence-corrected chi connectivity index (χ1v) is 7.03. The van der Waals surface area contributed by atoms with Gasteiger partial charge in [0.25, 0.3) is 0 Å². The quantitative estimate of drug-likeness (QED) is 0.898. The number of hydrogen-bond acceptors (Lipinski definition) is 3. The Morgan fingerprint density at radius 1 is 1.20 bits per heavy atom. The Balaban J connectivity index is 2.17. The van der Waals surface area contributed by atoms with Crippen LogP contribution in [0.25, 0.3) is 0 Å².